The van der Waals surface area contributed by atoms with E-state index in [4.69, 9.17) is 14.2 Å². The highest BCUT2D eigenvalue weighted by Crippen LogP contribution is 2.14. The van der Waals surface area contributed by atoms with E-state index in [9.17, 15) is 22.8 Å². The van der Waals surface area contributed by atoms with Crippen molar-refractivity contribution in [1.82, 2.24) is 15.4 Å². The van der Waals surface area contributed by atoms with Gasteiger partial charge in [-0.15, -0.1) is 0 Å². The zero-order chi connectivity index (χ0) is 29.3. The molecule has 0 aliphatic rings. The van der Waals surface area contributed by atoms with Crippen molar-refractivity contribution < 1.29 is 37.0 Å². The zero-order valence-corrected chi connectivity index (χ0v) is 23.9. The van der Waals surface area contributed by atoms with E-state index in [1.165, 1.54) is 24.3 Å². The first-order chi connectivity index (χ1) is 18.1. The fourth-order valence-electron chi connectivity index (χ4n) is 3.04. The summed E-state index contributed by atoms with van der Waals surface area (Å²) < 4.78 is 44.0. The lowest BCUT2D eigenvalue weighted by Crippen LogP contribution is -2.50. The average Bonchev–Trinajstić information content (AvgIpc) is 2.83. The third kappa shape index (κ3) is 11.7. The molecule has 0 unspecified atom stereocenters. The molecule has 1 atom stereocenters. The van der Waals surface area contributed by atoms with Crippen LogP contribution in [-0.2, 0) is 24.3 Å². The number of alkyl carbamates (subject to hydrolysis) is 1. The van der Waals surface area contributed by atoms with Crippen LogP contribution in [0.1, 0.15) is 51.9 Å². The number of nitrogens with one attached hydrogen (secondary N) is 3. The summed E-state index contributed by atoms with van der Waals surface area (Å²) in [6.07, 6.45) is -0.547. The van der Waals surface area contributed by atoms with Gasteiger partial charge in [0.2, 0.25) is 10.0 Å². The molecule has 0 bridgehead atoms. The van der Waals surface area contributed by atoms with Gasteiger partial charge in [0, 0.05) is 12.1 Å². The summed E-state index contributed by atoms with van der Waals surface area (Å²) in [4.78, 5) is 37.1. The lowest BCUT2D eigenvalue weighted by atomic mass is 10.2. The highest BCUT2D eigenvalue weighted by atomic mass is 32.2. The van der Waals surface area contributed by atoms with Gasteiger partial charge in [0.25, 0.3) is 5.91 Å². The van der Waals surface area contributed by atoms with Gasteiger partial charge in [-0.05, 0) is 77.9 Å². The summed E-state index contributed by atoms with van der Waals surface area (Å²) >= 11 is 0. The van der Waals surface area contributed by atoms with E-state index in [1.54, 1.807) is 71.9 Å². The highest BCUT2D eigenvalue weighted by molar-refractivity contribution is 7.89. The number of hydrogen-bond acceptors (Lipinski definition) is 8. The normalized spacial score (nSPS) is 12.7. The van der Waals surface area contributed by atoms with Crippen LogP contribution >= 0.6 is 0 Å². The summed E-state index contributed by atoms with van der Waals surface area (Å²) in [5.74, 6) is -0.883. The van der Waals surface area contributed by atoms with Gasteiger partial charge in [-0.25, -0.2) is 13.2 Å². The number of carbonyl (C=O) groups is 3. The molecule has 11 nitrogen and oxygen atoms in total. The number of hydrogen-bond donors (Lipinski definition) is 3. The maximum absolute atomic E-state index is 12.8. The maximum Gasteiger partial charge on any atom is 0.407 e. The Bertz CT molecular complexity index is 1220. The summed E-state index contributed by atoms with van der Waals surface area (Å²) in [5, 5.41) is 5.15. The molecule has 214 valence electrons. The van der Waals surface area contributed by atoms with Crippen LogP contribution in [-0.4, -0.2) is 63.3 Å². The first kappa shape index (κ1) is 31.6. The molecule has 0 aliphatic heterocycles. The molecule has 2 aromatic rings. The topological polar surface area (TPSA) is 149 Å². The van der Waals surface area contributed by atoms with Crippen molar-refractivity contribution in [3.8, 4) is 5.75 Å². The quantitative estimate of drug-likeness (QED) is 0.279. The van der Waals surface area contributed by atoms with Crippen LogP contribution in [0.5, 0.6) is 5.75 Å². The molecule has 0 saturated carbocycles. The molecule has 0 spiro atoms. The number of carbonyl (C=O) groups excluding carboxylic acids is 3. The summed E-state index contributed by atoms with van der Waals surface area (Å²) in [6, 6.07) is 12.4. The Kier molecular flexibility index (Phi) is 10.9. The molecule has 39 heavy (non-hydrogen) atoms. The molecule has 0 radical (unpaired) electrons. The molecule has 3 N–H and O–H groups in total. The fraction of sp³-hybridized carbons (Fsp3) is 0.444. The number of amides is 2. The summed E-state index contributed by atoms with van der Waals surface area (Å²) in [5.41, 5.74) is -1.20. The van der Waals surface area contributed by atoms with E-state index in [0.29, 0.717) is 5.75 Å². The van der Waals surface area contributed by atoms with Gasteiger partial charge in [0.05, 0.1) is 11.4 Å². The predicted molar refractivity (Wildman–Crippen MR) is 145 cm³/mol. The first-order valence-corrected chi connectivity index (χ1v) is 13.8. The largest absolute Gasteiger partial charge is 0.492 e. The second-order valence-electron chi connectivity index (χ2n) is 10.5. The minimum atomic E-state index is -4.06. The van der Waals surface area contributed by atoms with E-state index in [-0.39, 0.29) is 30.2 Å². The Morgan fingerprint density at radius 3 is 1.97 bits per heavy atom. The van der Waals surface area contributed by atoms with Gasteiger partial charge in [-0.1, -0.05) is 18.2 Å². The molecule has 12 heteroatoms. The monoisotopic (exact) mass is 563 g/mol. The van der Waals surface area contributed by atoms with E-state index < -0.39 is 45.2 Å². The lowest BCUT2D eigenvalue weighted by Gasteiger charge is -2.24. The second kappa shape index (κ2) is 13.4. The number of benzene rings is 2. The minimum absolute atomic E-state index is 0.0261. The van der Waals surface area contributed by atoms with E-state index >= 15 is 0 Å². The van der Waals surface area contributed by atoms with Crippen molar-refractivity contribution in [2.45, 2.75) is 63.7 Å². The zero-order valence-electron chi connectivity index (χ0n) is 23.1. The number of rotatable bonds is 11. The van der Waals surface area contributed by atoms with Gasteiger partial charge >= 0.3 is 12.1 Å². The third-order valence-corrected chi connectivity index (χ3v) is 6.15. The van der Waals surface area contributed by atoms with E-state index in [1.807, 2.05) is 0 Å². The Hall–Kier alpha value is -3.64. The summed E-state index contributed by atoms with van der Waals surface area (Å²) in [6.45, 7) is 10.3. The van der Waals surface area contributed by atoms with Gasteiger partial charge in [-0.3, -0.25) is 9.59 Å². The van der Waals surface area contributed by atoms with Crippen LogP contribution in [0, 0.1) is 0 Å². The Labute approximate surface area is 229 Å². The molecule has 0 fully saturated rings. The molecular weight excluding hydrogens is 526 g/mol. The molecule has 0 aliphatic carbocycles. The van der Waals surface area contributed by atoms with Crippen molar-refractivity contribution in [2.75, 3.05) is 19.7 Å². The van der Waals surface area contributed by atoms with Crippen LogP contribution < -0.4 is 20.1 Å². The smallest absolute Gasteiger partial charge is 0.407 e. The van der Waals surface area contributed by atoms with Crippen molar-refractivity contribution in [1.29, 1.82) is 0 Å². The van der Waals surface area contributed by atoms with Crippen molar-refractivity contribution in [3.05, 3.63) is 60.2 Å². The maximum atomic E-state index is 12.8. The van der Waals surface area contributed by atoms with Crippen molar-refractivity contribution >= 4 is 28.0 Å². The van der Waals surface area contributed by atoms with E-state index in [0.717, 1.165) is 0 Å². The first-order valence-electron chi connectivity index (χ1n) is 12.3. The fourth-order valence-corrected chi connectivity index (χ4v) is 4.24. The van der Waals surface area contributed by atoms with Crippen molar-refractivity contribution in [3.63, 3.8) is 0 Å². The number of ether oxygens (including phenoxy) is 3. The van der Waals surface area contributed by atoms with Gasteiger partial charge in [0.15, 0.2) is 0 Å². The second-order valence-corrected chi connectivity index (χ2v) is 12.2. The molecule has 2 aromatic carbocycles. The van der Waals surface area contributed by atoms with Gasteiger partial charge in [0.1, 0.15) is 29.6 Å². The van der Waals surface area contributed by atoms with Gasteiger partial charge < -0.3 is 24.8 Å². The van der Waals surface area contributed by atoms with Crippen LogP contribution in [0.3, 0.4) is 0 Å². The van der Waals surface area contributed by atoms with Crippen LogP contribution in [0.2, 0.25) is 0 Å². The molecule has 2 rings (SSSR count). The van der Waals surface area contributed by atoms with Crippen molar-refractivity contribution in [2.24, 2.45) is 0 Å². The summed E-state index contributed by atoms with van der Waals surface area (Å²) in [7, 11) is -4.06. The molecule has 0 saturated heterocycles. The standard InChI is InChI=1S/C27H37N3O8S/c1-26(2,3)37-24(32)22(30-39(34,35)21-10-8-7-9-11-21)18-29-23(31)19-12-14-20(15-13-19)36-17-16-28-25(33)38-27(4,5)6/h7-15,22,30H,16-18H2,1-6H3,(H,28,33)(H,29,31)/t22-/m0/s1. The lowest BCUT2D eigenvalue weighted by molar-refractivity contribution is -0.156. The third-order valence-electron chi connectivity index (χ3n) is 4.66. The van der Waals surface area contributed by atoms with Gasteiger partial charge in [-0.2, -0.15) is 4.72 Å². The molecular formula is C27H37N3O8S. The number of sulfonamides is 1. The molecule has 0 heterocycles. The Balaban J connectivity index is 1.96. The Morgan fingerprint density at radius 2 is 1.41 bits per heavy atom. The molecule has 0 aromatic heterocycles. The SMILES string of the molecule is CC(C)(C)OC(=O)NCCOc1ccc(C(=O)NC[C@H](NS(=O)(=O)c2ccccc2)C(=O)OC(C)(C)C)cc1. The van der Waals surface area contributed by atoms with Crippen LogP contribution in [0.25, 0.3) is 0 Å². The van der Waals surface area contributed by atoms with Crippen LogP contribution in [0.4, 0.5) is 4.79 Å². The molecule has 2 amide bonds. The average molecular weight is 564 g/mol. The highest BCUT2D eigenvalue weighted by Gasteiger charge is 2.30. The predicted octanol–water partition coefficient (Wildman–Crippen LogP) is 3.01. The Morgan fingerprint density at radius 1 is 0.821 bits per heavy atom. The van der Waals surface area contributed by atoms with E-state index in [2.05, 4.69) is 15.4 Å². The van der Waals surface area contributed by atoms with Crippen LogP contribution in [0.15, 0.2) is 59.5 Å². The minimum Gasteiger partial charge on any atom is -0.492 e. The number of esters is 1.